The van der Waals surface area contributed by atoms with Crippen LogP contribution in [0.4, 0.5) is 0 Å². The predicted octanol–water partition coefficient (Wildman–Crippen LogP) is 2.38. The number of halogens is 1. The number of benzene rings is 1. The molecular formula is C7H7ClN2O. The zero-order valence-corrected chi connectivity index (χ0v) is 6.75. The summed E-state index contributed by atoms with van der Waals surface area (Å²) in [5.74, 6) is 0.833. The van der Waals surface area contributed by atoms with Gasteiger partial charge in [-0.3, -0.25) is 0 Å². The molecule has 0 unspecified atom stereocenters. The molecule has 0 N–H and O–H groups in total. The van der Waals surface area contributed by atoms with Crippen molar-refractivity contribution in [2.75, 3.05) is 7.11 Å². The maximum atomic E-state index is 6.00. The second-order valence-electron chi connectivity index (χ2n) is 1.66. The van der Waals surface area contributed by atoms with E-state index in [1.807, 2.05) is 12.1 Å². The molecule has 0 aliphatic carbocycles. The lowest BCUT2D eigenvalue weighted by Crippen LogP contribution is -1.79. The lowest BCUT2D eigenvalue weighted by atomic mass is 10.3. The van der Waals surface area contributed by atoms with Crippen LogP contribution in [-0.4, -0.2) is 7.11 Å². The molecule has 1 aromatic rings. The first kappa shape index (κ1) is 9.73. The topological polar surface area (TPSA) is 56.8 Å². The smallest absolute Gasteiger partial charge is 0.118 e. The third-order valence-electron chi connectivity index (χ3n) is 1.05. The van der Waals surface area contributed by atoms with Crippen LogP contribution in [0.25, 0.3) is 0 Å². The predicted molar refractivity (Wildman–Crippen MR) is 41.5 cm³/mol. The number of ether oxygens (including phenoxy) is 1. The summed E-state index contributed by atoms with van der Waals surface area (Å²) < 4.78 is 4.91. The molecule has 0 fully saturated rings. The minimum absolute atomic E-state index is 0.732. The lowest BCUT2D eigenvalue weighted by molar-refractivity contribution is 0.415. The van der Waals surface area contributed by atoms with Gasteiger partial charge in [0, 0.05) is 15.8 Å². The summed E-state index contributed by atoms with van der Waals surface area (Å²) in [5.41, 5.74) is 0. The summed E-state index contributed by atoms with van der Waals surface area (Å²) in [5, 5.41) is 12.7. The van der Waals surface area contributed by atoms with Gasteiger partial charge < -0.3 is 4.74 Å². The van der Waals surface area contributed by atoms with Gasteiger partial charge in [-0.15, -0.1) is 0 Å². The van der Waals surface area contributed by atoms with Crippen molar-refractivity contribution in [1.29, 1.82) is 10.8 Å². The fourth-order valence-corrected chi connectivity index (χ4v) is 0.697. The van der Waals surface area contributed by atoms with Gasteiger partial charge in [0.1, 0.15) is 5.75 Å². The summed E-state index contributed by atoms with van der Waals surface area (Å²) >= 11 is 5.61. The first-order valence-corrected chi connectivity index (χ1v) is 3.20. The number of nitrogens with zero attached hydrogens (tertiary/aromatic N) is 2. The summed E-state index contributed by atoms with van der Waals surface area (Å²) in [6, 6.07) is 7.23. The third kappa shape index (κ3) is 3.43. The molecular weight excluding hydrogens is 164 g/mol. The molecule has 0 amide bonds. The molecule has 58 valence electrons. The normalized spacial score (nSPS) is 7.64. The first-order valence-electron chi connectivity index (χ1n) is 2.82. The van der Waals surface area contributed by atoms with Gasteiger partial charge in [0.15, 0.2) is 0 Å². The van der Waals surface area contributed by atoms with E-state index in [0.29, 0.717) is 0 Å². The molecule has 1 aromatic carbocycles. The molecule has 0 bridgehead atoms. The van der Waals surface area contributed by atoms with Crippen molar-refractivity contribution in [3.05, 3.63) is 29.3 Å². The lowest BCUT2D eigenvalue weighted by Gasteiger charge is -1.96. The standard InChI is InChI=1S/C7H7ClO.N2/c1-9-7-4-2-6(8)3-5-7;1-2/h2-5H,1H3;. The highest BCUT2D eigenvalue weighted by Gasteiger charge is 1.87. The van der Waals surface area contributed by atoms with Crippen LogP contribution < -0.4 is 4.74 Å². The molecule has 0 atom stereocenters. The maximum Gasteiger partial charge on any atom is 0.118 e. The summed E-state index contributed by atoms with van der Waals surface area (Å²) in [6.45, 7) is 0. The van der Waals surface area contributed by atoms with E-state index in [4.69, 9.17) is 27.1 Å². The number of hydrogen-bond donors (Lipinski definition) is 0. The van der Waals surface area contributed by atoms with Crippen molar-refractivity contribution in [3.8, 4) is 5.75 Å². The molecule has 0 aromatic heterocycles. The average molecular weight is 171 g/mol. The highest BCUT2D eigenvalue weighted by Crippen LogP contribution is 2.14. The molecule has 0 radical (unpaired) electrons. The Kier molecular flexibility index (Phi) is 4.87. The second kappa shape index (κ2) is 5.51. The van der Waals surface area contributed by atoms with Gasteiger partial charge >= 0.3 is 0 Å². The third-order valence-corrected chi connectivity index (χ3v) is 1.30. The first-order chi connectivity index (χ1) is 5.33. The minimum Gasteiger partial charge on any atom is -0.497 e. The molecule has 0 saturated heterocycles. The Morgan fingerprint density at radius 1 is 1.18 bits per heavy atom. The Balaban J connectivity index is 0.000000461. The van der Waals surface area contributed by atoms with Crippen LogP contribution in [0.5, 0.6) is 5.75 Å². The van der Waals surface area contributed by atoms with Crippen LogP contribution in [0.2, 0.25) is 5.02 Å². The Labute approximate surface area is 70.0 Å². The van der Waals surface area contributed by atoms with Crippen molar-refractivity contribution >= 4 is 11.6 Å². The van der Waals surface area contributed by atoms with E-state index in [0.717, 1.165) is 10.8 Å². The van der Waals surface area contributed by atoms with Crippen molar-refractivity contribution in [2.45, 2.75) is 0 Å². The van der Waals surface area contributed by atoms with Crippen LogP contribution in [0.1, 0.15) is 0 Å². The number of methoxy groups -OCH3 is 1. The fraction of sp³-hybridized carbons (Fsp3) is 0.143. The van der Waals surface area contributed by atoms with Crippen LogP contribution in [-0.2, 0) is 0 Å². The highest BCUT2D eigenvalue weighted by atomic mass is 35.5. The molecule has 1 rings (SSSR count). The quantitative estimate of drug-likeness (QED) is 0.608. The van der Waals surface area contributed by atoms with Gasteiger partial charge in [-0.25, -0.2) is 0 Å². The molecule has 0 aliphatic rings. The van der Waals surface area contributed by atoms with Crippen molar-refractivity contribution in [1.82, 2.24) is 0 Å². The number of rotatable bonds is 1. The van der Waals surface area contributed by atoms with Crippen LogP contribution in [0.3, 0.4) is 0 Å². The number of hydrogen-bond acceptors (Lipinski definition) is 3. The van der Waals surface area contributed by atoms with E-state index in [1.54, 1.807) is 19.2 Å². The van der Waals surface area contributed by atoms with E-state index in [9.17, 15) is 0 Å². The largest absolute Gasteiger partial charge is 0.497 e. The Bertz CT molecular complexity index is 220. The SMILES string of the molecule is COc1ccc(Cl)cc1.N#N. The summed E-state index contributed by atoms with van der Waals surface area (Å²) in [6.07, 6.45) is 0. The van der Waals surface area contributed by atoms with Gasteiger partial charge in [-0.1, -0.05) is 11.6 Å². The van der Waals surface area contributed by atoms with Crippen molar-refractivity contribution < 1.29 is 4.74 Å². The van der Waals surface area contributed by atoms with Crippen LogP contribution >= 0.6 is 11.6 Å². The Morgan fingerprint density at radius 2 is 1.64 bits per heavy atom. The fourth-order valence-electron chi connectivity index (χ4n) is 0.571. The van der Waals surface area contributed by atoms with Crippen LogP contribution in [0.15, 0.2) is 24.3 Å². The molecule has 4 heteroatoms. The van der Waals surface area contributed by atoms with E-state index >= 15 is 0 Å². The molecule has 0 heterocycles. The second-order valence-corrected chi connectivity index (χ2v) is 2.09. The summed E-state index contributed by atoms with van der Waals surface area (Å²) in [4.78, 5) is 0. The average Bonchev–Trinajstić information content (AvgIpc) is 2.10. The van der Waals surface area contributed by atoms with E-state index in [2.05, 4.69) is 0 Å². The van der Waals surface area contributed by atoms with Crippen LogP contribution in [0, 0.1) is 10.8 Å². The van der Waals surface area contributed by atoms with Gasteiger partial charge in [0.2, 0.25) is 0 Å². The van der Waals surface area contributed by atoms with E-state index in [1.165, 1.54) is 0 Å². The monoisotopic (exact) mass is 170 g/mol. The van der Waals surface area contributed by atoms with Gasteiger partial charge in [-0.05, 0) is 24.3 Å². The van der Waals surface area contributed by atoms with E-state index < -0.39 is 0 Å². The summed E-state index contributed by atoms with van der Waals surface area (Å²) in [7, 11) is 1.63. The van der Waals surface area contributed by atoms with Gasteiger partial charge in [-0.2, -0.15) is 0 Å². The van der Waals surface area contributed by atoms with Crippen molar-refractivity contribution in [2.24, 2.45) is 0 Å². The molecule has 0 spiro atoms. The highest BCUT2D eigenvalue weighted by molar-refractivity contribution is 6.30. The molecule has 3 nitrogen and oxygen atoms in total. The van der Waals surface area contributed by atoms with Gasteiger partial charge in [0.05, 0.1) is 7.11 Å². The molecule has 0 saturated carbocycles. The Morgan fingerprint density at radius 3 is 2.00 bits per heavy atom. The zero-order valence-electron chi connectivity index (χ0n) is 5.99. The molecule has 0 aliphatic heterocycles. The minimum atomic E-state index is 0.732. The van der Waals surface area contributed by atoms with Crippen molar-refractivity contribution in [3.63, 3.8) is 0 Å². The Hall–Kier alpha value is -1.27. The maximum absolute atomic E-state index is 6.00. The van der Waals surface area contributed by atoms with E-state index in [-0.39, 0.29) is 0 Å². The zero-order chi connectivity index (χ0) is 8.69. The molecule has 11 heavy (non-hydrogen) atoms. The van der Waals surface area contributed by atoms with Gasteiger partial charge in [0.25, 0.3) is 0 Å².